The zero-order valence-electron chi connectivity index (χ0n) is 11.0. The van der Waals surface area contributed by atoms with Gasteiger partial charge in [-0.15, -0.1) is 0 Å². The monoisotopic (exact) mass is 246 g/mol. The summed E-state index contributed by atoms with van der Waals surface area (Å²) in [5, 5.41) is 10.1. The number of aliphatic hydroxyl groups is 1. The summed E-state index contributed by atoms with van der Waals surface area (Å²) in [5.41, 5.74) is 2.08. The van der Waals surface area contributed by atoms with E-state index in [1.807, 2.05) is 44.2 Å². The molecule has 2 aromatic rings. The number of hydrogen-bond donors (Lipinski definition) is 1. The van der Waals surface area contributed by atoms with Crippen LogP contribution in [0, 0.1) is 12.7 Å². The maximum absolute atomic E-state index is 13.1. The van der Waals surface area contributed by atoms with Crippen LogP contribution in [0.25, 0.3) is 0 Å². The van der Waals surface area contributed by atoms with E-state index in [0.717, 1.165) is 5.56 Å². The molecular formula is C16H19FO. The van der Waals surface area contributed by atoms with Gasteiger partial charge in [0.1, 0.15) is 11.9 Å². The largest absolute Gasteiger partial charge is 0.384 e. The molecule has 0 fully saturated rings. The van der Waals surface area contributed by atoms with E-state index in [2.05, 4.69) is 0 Å². The third-order valence-electron chi connectivity index (χ3n) is 2.61. The van der Waals surface area contributed by atoms with Crippen LogP contribution in [0.2, 0.25) is 0 Å². The minimum absolute atomic E-state index is 0.246. The van der Waals surface area contributed by atoms with E-state index in [0.29, 0.717) is 11.1 Å². The average molecular weight is 246 g/mol. The Balaban J connectivity index is 0.000000771. The maximum Gasteiger partial charge on any atom is 0.126 e. The number of hydrogen-bond acceptors (Lipinski definition) is 1. The highest BCUT2D eigenvalue weighted by atomic mass is 19.1. The lowest BCUT2D eigenvalue weighted by Gasteiger charge is -2.12. The molecule has 2 rings (SSSR count). The standard InChI is InChI=1S/C14H13FO.C2H6/c1-10-9-12(7-8-13(10)15)14(16)11-5-3-2-4-6-11;1-2/h2-9,14,16H,1H3;1-2H3. The third kappa shape index (κ3) is 3.41. The van der Waals surface area contributed by atoms with Crippen molar-refractivity contribution < 1.29 is 9.50 Å². The third-order valence-corrected chi connectivity index (χ3v) is 2.61. The molecule has 0 aliphatic rings. The summed E-state index contributed by atoms with van der Waals surface area (Å²) in [7, 11) is 0. The summed E-state index contributed by atoms with van der Waals surface area (Å²) in [6.07, 6.45) is -0.694. The molecule has 96 valence electrons. The highest BCUT2D eigenvalue weighted by Crippen LogP contribution is 2.23. The summed E-state index contributed by atoms with van der Waals surface area (Å²) >= 11 is 0. The normalized spacial score (nSPS) is 11.4. The van der Waals surface area contributed by atoms with Gasteiger partial charge >= 0.3 is 0 Å². The fourth-order valence-corrected chi connectivity index (χ4v) is 1.67. The molecule has 0 amide bonds. The first-order valence-electron chi connectivity index (χ1n) is 6.17. The number of aryl methyl sites for hydroxylation is 1. The van der Waals surface area contributed by atoms with Gasteiger partial charge in [0.05, 0.1) is 0 Å². The molecule has 18 heavy (non-hydrogen) atoms. The van der Waals surface area contributed by atoms with Crippen molar-refractivity contribution >= 4 is 0 Å². The van der Waals surface area contributed by atoms with Crippen LogP contribution in [0.3, 0.4) is 0 Å². The van der Waals surface area contributed by atoms with Crippen molar-refractivity contribution in [2.45, 2.75) is 26.9 Å². The van der Waals surface area contributed by atoms with Crippen LogP contribution in [0.1, 0.15) is 36.6 Å². The first-order chi connectivity index (χ1) is 8.68. The Morgan fingerprint density at radius 2 is 1.56 bits per heavy atom. The zero-order valence-corrected chi connectivity index (χ0v) is 11.0. The van der Waals surface area contributed by atoms with Crippen molar-refractivity contribution in [3.05, 3.63) is 71.0 Å². The van der Waals surface area contributed by atoms with Crippen LogP contribution in [-0.4, -0.2) is 5.11 Å². The van der Waals surface area contributed by atoms with Gasteiger partial charge < -0.3 is 5.11 Å². The predicted octanol–water partition coefficient (Wildman–Crippen LogP) is 4.24. The second-order valence-corrected chi connectivity index (χ2v) is 3.82. The molecule has 0 aromatic heterocycles. The van der Waals surface area contributed by atoms with Gasteiger partial charge in [-0.05, 0) is 29.7 Å². The number of benzene rings is 2. The van der Waals surface area contributed by atoms with Crippen LogP contribution in [-0.2, 0) is 0 Å². The summed E-state index contributed by atoms with van der Waals surface area (Å²) in [6, 6.07) is 14.0. The summed E-state index contributed by atoms with van der Waals surface area (Å²) < 4.78 is 13.1. The first-order valence-corrected chi connectivity index (χ1v) is 6.17. The first kappa shape index (κ1) is 14.4. The van der Waals surface area contributed by atoms with Crippen LogP contribution in [0.4, 0.5) is 4.39 Å². The molecule has 0 aliphatic heterocycles. The minimum Gasteiger partial charge on any atom is -0.384 e. The average Bonchev–Trinajstić information content (AvgIpc) is 2.44. The van der Waals surface area contributed by atoms with E-state index in [4.69, 9.17) is 0 Å². The van der Waals surface area contributed by atoms with Crippen molar-refractivity contribution in [1.82, 2.24) is 0 Å². The van der Waals surface area contributed by atoms with Crippen LogP contribution in [0.15, 0.2) is 48.5 Å². The molecule has 1 N–H and O–H groups in total. The Morgan fingerprint density at radius 3 is 2.11 bits per heavy atom. The van der Waals surface area contributed by atoms with E-state index >= 15 is 0 Å². The zero-order chi connectivity index (χ0) is 13.5. The molecule has 1 atom stereocenters. The van der Waals surface area contributed by atoms with Crippen molar-refractivity contribution in [3.8, 4) is 0 Å². The molecule has 0 spiro atoms. The van der Waals surface area contributed by atoms with Crippen LogP contribution >= 0.6 is 0 Å². The summed E-state index contributed by atoms with van der Waals surface area (Å²) in [5.74, 6) is -0.246. The Hall–Kier alpha value is -1.67. The number of aliphatic hydroxyl groups excluding tert-OH is 1. The Labute approximate surface area is 108 Å². The molecule has 0 saturated carbocycles. The van der Waals surface area contributed by atoms with E-state index < -0.39 is 6.10 Å². The van der Waals surface area contributed by atoms with Crippen molar-refractivity contribution in [3.63, 3.8) is 0 Å². The molecule has 0 radical (unpaired) electrons. The second-order valence-electron chi connectivity index (χ2n) is 3.82. The molecule has 0 saturated heterocycles. The van der Waals surface area contributed by atoms with Crippen LogP contribution < -0.4 is 0 Å². The quantitative estimate of drug-likeness (QED) is 0.840. The van der Waals surface area contributed by atoms with Crippen molar-refractivity contribution in [2.75, 3.05) is 0 Å². The molecule has 2 aromatic carbocycles. The van der Waals surface area contributed by atoms with E-state index in [9.17, 15) is 9.50 Å². The molecule has 0 bridgehead atoms. The molecular weight excluding hydrogens is 227 g/mol. The lowest BCUT2D eigenvalue weighted by Crippen LogP contribution is -2.00. The molecule has 0 aliphatic carbocycles. The smallest absolute Gasteiger partial charge is 0.126 e. The number of halogens is 1. The van der Waals surface area contributed by atoms with Gasteiger partial charge in [0.15, 0.2) is 0 Å². The van der Waals surface area contributed by atoms with Gasteiger partial charge in [-0.25, -0.2) is 4.39 Å². The Morgan fingerprint density at radius 1 is 0.944 bits per heavy atom. The summed E-state index contributed by atoms with van der Waals surface area (Å²) in [6.45, 7) is 5.69. The van der Waals surface area contributed by atoms with E-state index in [-0.39, 0.29) is 5.82 Å². The lowest BCUT2D eigenvalue weighted by atomic mass is 10.00. The summed E-state index contributed by atoms with van der Waals surface area (Å²) in [4.78, 5) is 0. The van der Waals surface area contributed by atoms with Gasteiger partial charge in [-0.3, -0.25) is 0 Å². The molecule has 2 heteroatoms. The SMILES string of the molecule is CC.Cc1cc(C(O)c2ccccc2)ccc1F. The molecule has 0 heterocycles. The second kappa shape index (κ2) is 6.92. The van der Waals surface area contributed by atoms with Gasteiger partial charge in [0, 0.05) is 0 Å². The number of rotatable bonds is 2. The Kier molecular flexibility index (Phi) is 5.53. The van der Waals surface area contributed by atoms with Crippen molar-refractivity contribution in [2.24, 2.45) is 0 Å². The molecule has 1 unspecified atom stereocenters. The van der Waals surface area contributed by atoms with Crippen LogP contribution in [0.5, 0.6) is 0 Å². The minimum atomic E-state index is -0.694. The van der Waals surface area contributed by atoms with Gasteiger partial charge in [-0.1, -0.05) is 56.3 Å². The predicted molar refractivity (Wildman–Crippen MR) is 73.0 cm³/mol. The highest BCUT2D eigenvalue weighted by Gasteiger charge is 2.10. The fourth-order valence-electron chi connectivity index (χ4n) is 1.67. The van der Waals surface area contributed by atoms with Gasteiger partial charge in [-0.2, -0.15) is 0 Å². The Bertz CT molecular complexity index is 480. The topological polar surface area (TPSA) is 20.2 Å². The van der Waals surface area contributed by atoms with E-state index in [1.54, 1.807) is 19.1 Å². The van der Waals surface area contributed by atoms with Gasteiger partial charge in [0.2, 0.25) is 0 Å². The van der Waals surface area contributed by atoms with E-state index in [1.165, 1.54) is 6.07 Å². The van der Waals surface area contributed by atoms with Gasteiger partial charge in [0.25, 0.3) is 0 Å². The van der Waals surface area contributed by atoms with Crippen molar-refractivity contribution in [1.29, 1.82) is 0 Å². The molecule has 1 nitrogen and oxygen atoms in total. The maximum atomic E-state index is 13.1. The fraction of sp³-hybridized carbons (Fsp3) is 0.250. The highest BCUT2D eigenvalue weighted by molar-refractivity contribution is 5.32. The lowest BCUT2D eigenvalue weighted by molar-refractivity contribution is 0.220.